The highest BCUT2D eigenvalue weighted by Gasteiger charge is 2.35. The van der Waals surface area contributed by atoms with Gasteiger partial charge in [-0.15, -0.1) is 0 Å². The molecule has 2 aromatic carbocycles. The van der Waals surface area contributed by atoms with Crippen molar-refractivity contribution in [3.63, 3.8) is 0 Å². The molecule has 1 fully saturated rings. The van der Waals surface area contributed by atoms with Crippen LogP contribution in [0.3, 0.4) is 0 Å². The van der Waals surface area contributed by atoms with Crippen LogP contribution in [0.2, 0.25) is 0 Å². The number of alkyl halides is 3. The standard InChI is InChI=1S/C19H17F4NO/c20-17-7-6-15(12-16(17)19(21,22)23)18(25)24-10-8-14(9-11-24)13-4-2-1-3-5-13/h1-7,12,14H,8-11H2. The number of amides is 1. The van der Waals surface area contributed by atoms with E-state index in [0.717, 1.165) is 18.9 Å². The van der Waals surface area contributed by atoms with E-state index in [4.69, 9.17) is 0 Å². The molecule has 1 saturated heterocycles. The molecule has 0 atom stereocenters. The summed E-state index contributed by atoms with van der Waals surface area (Å²) < 4.78 is 51.8. The van der Waals surface area contributed by atoms with E-state index in [0.29, 0.717) is 31.1 Å². The van der Waals surface area contributed by atoms with Crippen molar-refractivity contribution >= 4 is 5.91 Å². The van der Waals surface area contributed by atoms with Crippen molar-refractivity contribution in [2.45, 2.75) is 24.9 Å². The van der Waals surface area contributed by atoms with Crippen LogP contribution in [0, 0.1) is 5.82 Å². The van der Waals surface area contributed by atoms with E-state index in [1.807, 2.05) is 30.3 Å². The summed E-state index contributed by atoms with van der Waals surface area (Å²) in [5, 5.41) is 0. The molecule has 132 valence electrons. The lowest BCUT2D eigenvalue weighted by Gasteiger charge is -2.32. The minimum absolute atomic E-state index is 0.133. The molecular weight excluding hydrogens is 334 g/mol. The van der Waals surface area contributed by atoms with Crippen LogP contribution in [0.4, 0.5) is 17.6 Å². The molecule has 0 radical (unpaired) electrons. The Kier molecular flexibility index (Phi) is 4.79. The number of carbonyl (C=O) groups excluding carboxylic acids is 1. The molecule has 0 aliphatic carbocycles. The number of carbonyl (C=O) groups is 1. The summed E-state index contributed by atoms with van der Waals surface area (Å²) in [5.74, 6) is -1.52. The summed E-state index contributed by atoms with van der Waals surface area (Å²) in [6.45, 7) is 0.939. The van der Waals surface area contributed by atoms with Gasteiger partial charge in [0.25, 0.3) is 5.91 Å². The minimum atomic E-state index is -4.82. The zero-order valence-electron chi connectivity index (χ0n) is 13.4. The van der Waals surface area contributed by atoms with Crippen LogP contribution in [-0.4, -0.2) is 23.9 Å². The second-order valence-electron chi connectivity index (χ2n) is 6.17. The third-order valence-corrected chi connectivity index (χ3v) is 4.57. The van der Waals surface area contributed by atoms with Crippen molar-refractivity contribution in [2.75, 3.05) is 13.1 Å². The van der Waals surface area contributed by atoms with Gasteiger partial charge in [0.1, 0.15) is 5.82 Å². The average molecular weight is 351 g/mol. The molecule has 0 spiro atoms. The van der Waals surface area contributed by atoms with Gasteiger partial charge >= 0.3 is 6.18 Å². The summed E-state index contributed by atoms with van der Waals surface area (Å²) in [7, 11) is 0. The Balaban J connectivity index is 1.71. The molecule has 1 heterocycles. The van der Waals surface area contributed by atoms with Gasteiger partial charge in [-0.2, -0.15) is 13.2 Å². The van der Waals surface area contributed by atoms with E-state index >= 15 is 0 Å². The SMILES string of the molecule is O=C(c1ccc(F)c(C(F)(F)F)c1)N1CCC(c2ccccc2)CC1. The van der Waals surface area contributed by atoms with Gasteiger partial charge in [0, 0.05) is 18.7 Å². The van der Waals surface area contributed by atoms with Crippen LogP contribution in [0.15, 0.2) is 48.5 Å². The highest BCUT2D eigenvalue weighted by atomic mass is 19.4. The van der Waals surface area contributed by atoms with Crippen LogP contribution >= 0.6 is 0 Å². The van der Waals surface area contributed by atoms with Gasteiger partial charge < -0.3 is 4.90 Å². The first-order chi connectivity index (χ1) is 11.9. The number of hydrogen-bond donors (Lipinski definition) is 0. The first-order valence-electron chi connectivity index (χ1n) is 8.07. The topological polar surface area (TPSA) is 20.3 Å². The Hall–Kier alpha value is -2.37. The normalized spacial score (nSPS) is 16.1. The highest BCUT2D eigenvalue weighted by Crippen LogP contribution is 2.33. The Labute approximate surface area is 143 Å². The number of hydrogen-bond acceptors (Lipinski definition) is 1. The molecule has 1 aliphatic rings. The maximum Gasteiger partial charge on any atom is 0.419 e. The van der Waals surface area contributed by atoms with E-state index in [-0.39, 0.29) is 5.56 Å². The molecular formula is C19H17F4NO. The van der Waals surface area contributed by atoms with Crippen molar-refractivity contribution in [3.05, 3.63) is 71.0 Å². The molecule has 0 N–H and O–H groups in total. The molecule has 0 saturated carbocycles. The maximum absolute atomic E-state index is 13.4. The summed E-state index contributed by atoms with van der Waals surface area (Å²) in [5.41, 5.74) is -0.333. The number of rotatable bonds is 2. The van der Waals surface area contributed by atoms with E-state index < -0.39 is 23.5 Å². The zero-order valence-corrected chi connectivity index (χ0v) is 13.4. The van der Waals surface area contributed by atoms with Crippen molar-refractivity contribution in [3.8, 4) is 0 Å². The Morgan fingerprint density at radius 2 is 1.64 bits per heavy atom. The van der Waals surface area contributed by atoms with Crippen molar-refractivity contribution in [2.24, 2.45) is 0 Å². The Morgan fingerprint density at radius 3 is 2.24 bits per heavy atom. The van der Waals surface area contributed by atoms with E-state index in [2.05, 4.69) is 0 Å². The van der Waals surface area contributed by atoms with Crippen LogP contribution in [0.25, 0.3) is 0 Å². The number of benzene rings is 2. The van der Waals surface area contributed by atoms with Crippen LogP contribution in [-0.2, 0) is 6.18 Å². The summed E-state index contributed by atoms with van der Waals surface area (Å²) in [6.07, 6.45) is -3.31. The molecule has 3 rings (SSSR count). The van der Waals surface area contributed by atoms with Gasteiger partial charge in [0.2, 0.25) is 0 Å². The van der Waals surface area contributed by atoms with Crippen LogP contribution < -0.4 is 0 Å². The lowest BCUT2D eigenvalue weighted by Crippen LogP contribution is -2.38. The number of likely N-dealkylation sites (tertiary alicyclic amines) is 1. The predicted molar refractivity (Wildman–Crippen MR) is 85.7 cm³/mol. The van der Waals surface area contributed by atoms with Gasteiger partial charge in [-0.05, 0) is 42.5 Å². The summed E-state index contributed by atoms with van der Waals surface area (Å²) >= 11 is 0. The lowest BCUT2D eigenvalue weighted by atomic mass is 9.89. The highest BCUT2D eigenvalue weighted by molar-refractivity contribution is 5.94. The molecule has 2 aromatic rings. The largest absolute Gasteiger partial charge is 0.419 e. The smallest absolute Gasteiger partial charge is 0.339 e. The fourth-order valence-electron chi connectivity index (χ4n) is 3.20. The lowest BCUT2D eigenvalue weighted by molar-refractivity contribution is -0.140. The molecule has 25 heavy (non-hydrogen) atoms. The predicted octanol–water partition coefficient (Wildman–Crippen LogP) is 4.86. The summed E-state index contributed by atoms with van der Waals surface area (Å²) in [6, 6.07) is 12.3. The number of piperidine rings is 1. The molecule has 1 amide bonds. The molecule has 0 bridgehead atoms. The van der Waals surface area contributed by atoms with Crippen molar-refractivity contribution in [1.82, 2.24) is 4.90 Å². The number of nitrogens with zero attached hydrogens (tertiary/aromatic N) is 1. The number of halogens is 4. The van der Waals surface area contributed by atoms with Gasteiger partial charge in [-0.3, -0.25) is 4.79 Å². The summed E-state index contributed by atoms with van der Waals surface area (Å²) in [4.78, 5) is 14.0. The molecule has 2 nitrogen and oxygen atoms in total. The average Bonchev–Trinajstić information content (AvgIpc) is 2.61. The molecule has 1 aliphatic heterocycles. The quantitative estimate of drug-likeness (QED) is 0.707. The Morgan fingerprint density at radius 1 is 1.00 bits per heavy atom. The monoisotopic (exact) mass is 351 g/mol. The molecule has 0 aromatic heterocycles. The first-order valence-corrected chi connectivity index (χ1v) is 8.07. The van der Waals surface area contributed by atoms with Crippen LogP contribution in [0.5, 0.6) is 0 Å². The third-order valence-electron chi connectivity index (χ3n) is 4.57. The van der Waals surface area contributed by atoms with Gasteiger partial charge in [0.15, 0.2) is 0 Å². The fourth-order valence-corrected chi connectivity index (χ4v) is 3.20. The Bertz CT molecular complexity index is 750. The van der Waals surface area contributed by atoms with Crippen molar-refractivity contribution in [1.29, 1.82) is 0 Å². The fraction of sp³-hybridized carbons (Fsp3) is 0.316. The van der Waals surface area contributed by atoms with Gasteiger partial charge in [-0.25, -0.2) is 4.39 Å². The first kappa shape index (κ1) is 17.5. The van der Waals surface area contributed by atoms with Gasteiger partial charge in [0.05, 0.1) is 5.56 Å². The van der Waals surface area contributed by atoms with E-state index in [9.17, 15) is 22.4 Å². The second-order valence-corrected chi connectivity index (χ2v) is 6.17. The van der Waals surface area contributed by atoms with E-state index in [1.165, 1.54) is 10.5 Å². The van der Waals surface area contributed by atoms with Gasteiger partial charge in [-0.1, -0.05) is 30.3 Å². The molecule has 6 heteroatoms. The van der Waals surface area contributed by atoms with Crippen LogP contribution in [0.1, 0.15) is 40.2 Å². The second kappa shape index (κ2) is 6.86. The maximum atomic E-state index is 13.4. The van der Waals surface area contributed by atoms with E-state index in [1.54, 1.807) is 0 Å². The minimum Gasteiger partial charge on any atom is -0.339 e. The third kappa shape index (κ3) is 3.83. The zero-order chi connectivity index (χ0) is 18.0. The molecule has 0 unspecified atom stereocenters. The van der Waals surface area contributed by atoms with Crippen molar-refractivity contribution < 1.29 is 22.4 Å².